The Morgan fingerprint density at radius 2 is 1.87 bits per heavy atom. The Morgan fingerprint density at radius 3 is 2.78 bits per heavy atom. The quantitative estimate of drug-likeness (QED) is 0.817. The van der Waals surface area contributed by atoms with Gasteiger partial charge in [0.05, 0.1) is 0 Å². The Hall–Kier alpha value is -2.12. The smallest absolute Gasteiger partial charge is 0.0366 e. The number of fused-ring (bicyclic) bond motifs is 1. The standard InChI is InChI=1S/C22H23N/c1-2-8-17(9-3-1)19-12-6-13-20(16-19)23-22-15-7-11-18-10-4-5-14-21(18)22/h1-8,10-14,17,20,22-23H,9,15-16H2. The van der Waals surface area contributed by atoms with Gasteiger partial charge in [-0.3, -0.25) is 0 Å². The second kappa shape index (κ2) is 6.55. The van der Waals surface area contributed by atoms with Crippen molar-refractivity contribution >= 4 is 6.08 Å². The van der Waals surface area contributed by atoms with Gasteiger partial charge in [-0.25, -0.2) is 0 Å². The first kappa shape index (κ1) is 14.5. The molecule has 0 radical (unpaired) electrons. The summed E-state index contributed by atoms with van der Waals surface area (Å²) in [5.74, 6) is 0.577. The summed E-state index contributed by atoms with van der Waals surface area (Å²) < 4.78 is 0. The van der Waals surface area contributed by atoms with Crippen molar-refractivity contribution in [3.8, 4) is 0 Å². The second-order valence-corrected chi connectivity index (χ2v) is 6.58. The molecule has 4 rings (SSSR count). The van der Waals surface area contributed by atoms with Crippen LogP contribution in [0.25, 0.3) is 6.08 Å². The predicted molar refractivity (Wildman–Crippen MR) is 98.0 cm³/mol. The normalized spacial score (nSPS) is 28.5. The Kier molecular flexibility index (Phi) is 4.12. The van der Waals surface area contributed by atoms with Crippen LogP contribution in [0.4, 0.5) is 0 Å². The highest BCUT2D eigenvalue weighted by Gasteiger charge is 2.22. The van der Waals surface area contributed by atoms with Crippen LogP contribution in [-0.2, 0) is 0 Å². The minimum absolute atomic E-state index is 0.423. The van der Waals surface area contributed by atoms with Gasteiger partial charge in [-0.2, -0.15) is 0 Å². The molecule has 23 heavy (non-hydrogen) atoms. The summed E-state index contributed by atoms with van der Waals surface area (Å²) in [5.41, 5.74) is 4.33. The first-order chi connectivity index (χ1) is 11.4. The third kappa shape index (κ3) is 3.16. The summed E-state index contributed by atoms with van der Waals surface area (Å²) >= 11 is 0. The molecule has 1 aromatic rings. The van der Waals surface area contributed by atoms with E-state index in [0.717, 1.165) is 19.3 Å². The van der Waals surface area contributed by atoms with E-state index in [1.54, 1.807) is 5.57 Å². The molecule has 3 unspecified atom stereocenters. The summed E-state index contributed by atoms with van der Waals surface area (Å²) in [6.45, 7) is 0. The molecule has 0 saturated carbocycles. The first-order valence-electron chi connectivity index (χ1n) is 8.62. The molecule has 1 N–H and O–H groups in total. The van der Waals surface area contributed by atoms with Gasteiger partial charge in [0.15, 0.2) is 0 Å². The van der Waals surface area contributed by atoms with Gasteiger partial charge >= 0.3 is 0 Å². The molecule has 0 heterocycles. The highest BCUT2D eigenvalue weighted by Crippen LogP contribution is 2.31. The molecule has 1 nitrogen and oxygen atoms in total. The minimum Gasteiger partial charge on any atom is -0.303 e. The van der Waals surface area contributed by atoms with Crippen LogP contribution in [0.3, 0.4) is 0 Å². The van der Waals surface area contributed by atoms with Crippen LogP contribution in [-0.4, -0.2) is 6.04 Å². The molecular weight excluding hydrogens is 278 g/mol. The average molecular weight is 301 g/mol. The lowest BCUT2D eigenvalue weighted by atomic mass is 9.85. The van der Waals surface area contributed by atoms with E-state index < -0.39 is 0 Å². The molecule has 0 fully saturated rings. The fourth-order valence-electron chi connectivity index (χ4n) is 3.80. The monoisotopic (exact) mass is 301 g/mol. The average Bonchev–Trinajstić information content (AvgIpc) is 2.63. The molecule has 0 saturated heterocycles. The highest BCUT2D eigenvalue weighted by atomic mass is 14.9. The third-order valence-corrected chi connectivity index (χ3v) is 5.02. The van der Waals surface area contributed by atoms with Crippen molar-refractivity contribution in [1.82, 2.24) is 5.32 Å². The zero-order valence-corrected chi connectivity index (χ0v) is 13.4. The number of hydrogen-bond donors (Lipinski definition) is 1. The summed E-state index contributed by atoms with van der Waals surface area (Å²) in [6, 6.07) is 9.59. The Labute approximate surface area is 138 Å². The van der Waals surface area contributed by atoms with Crippen molar-refractivity contribution < 1.29 is 0 Å². The first-order valence-corrected chi connectivity index (χ1v) is 8.62. The summed E-state index contributed by atoms with van der Waals surface area (Å²) in [5, 5.41) is 3.86. The largest absolute Gasteiger partial charge is 0.303 e. The van der Waals surface area contributed by atoms with Gasteiger partial charge in [-0.1, -0.05) is 84.5 Å². The van der Waals surface area contributed by atoms with E-state index in [1.165, 1.54) is 11.1 Å². The minimum atomic E-state index is 0.423. The fraction of sp³-hybridized carbons (Fsp3) is 0.273. The molecule has 3 aliphatic carbocycles. The lowest BCUT2D eigenvalue weighted by Gasteiger charge is -2.30. The van der Waals surface area contributed by atoms with Crippen LogP contribution in [0.2, 0.25) is 0 Å². The van der Waals surface area contributed by atoms with Gasteiger partial charge in [0, 0.05) is 18.0 Å². The fourth-order valence-corrected chi connectivity index (χ4v) is 3.80. The maximum absolute atomic E-state index is 3.86. The van der Waals surface area contributed by atoms with E-state index in [4.69, 9.17) is 0 Å². The van der Waals surface area contributed by atoms with Gasteiger partial charge < -0.3 is 5.32 Å². The van der Waals surface area contributed by atoms with Gasteiger partial charge in [0.25, 0.3) is 0 Å². The summed E-state index contributed by atoms with van der Waals surface area (Å²) in [6.07, 6.45) is 23.6. The Balaban J connectivity index is 1.45. The molecule has 0 aliphatic heterocycles. The Morgan fingerprint density at radius 1 is 0.913 bits per heavy atom. The number of nitrogens with one attached hydrogen (secondary N) is 1. The third-order valence-electron chi connectivity index (χ3n) is 5.02. The zero-order chi connectivity index (χ0) is 15.5. The molecule has 0 spiro atoms. The maximum Gasteiger partial charge on any atom is 0.0366 e. The van der Waals surface area contributed by atoms with Crippen LogP contribution >= 0.6 is 0 Å². The van der Waals surface area contributed by atoms with E-state index in [2.05, 4.69) is 84.3 Å². The number of rotatable bonds is 3. The molecule has 0 aromatic heterocycles. The molecule has 1 aromatic carbocycles. The highest BCUT2D eigenvalue weighted by molar-refractivity contribution is 5.57. The topological polar surface area (TPSA) is 12.0 Å². The molecular formula is C22H23N. The lowest BCUT2D eigenvalue weighted by molar-refractivity contribution is 0.468. The van der Waals surface area contributed by atoms with E-state index >= 15 is 0 Å². The zero-order valence-electron chi connectivity index (χ0n) is 13.4. The van der Waals surface area contributed by atoms with Crippen LogP contribution in [0.1, 0.15) is 36.4 Å². The molecule has 3 atom stereocenters. The van der Waals surface area contributed by atoms with E-state index in [9.17, 15) is 0 Å². The van der Waals surface area contributed by atoms with E-state index in [1.807, 2.05) is 0 Å². The van der Waals surface area contributed by atoms with E-state index in [-0.39, 0.29) is 0 Å². The van der Waals surface area contributed by atoms with Crippen molar-refractivity contribution in [1.29, 1.82) is 0 Å². The van der Waals surface area contributed by atoms with Crippen molar-refractivity contribution in [2.45, 2.75) is 31.3 Å². The summed E-state index contributed by atoms with van der Waals surface area (Å²) in [4.78, 5) is 0. The second-order valence-electron chi connectivity index (χ2n) is 6.58. The molecule has 1 heteroatoms. The summed E-state index contributed by atoms with van der Waals surface area (Å²) in [7, 11) is 0. The van der Waals surface area contributed by atoms with Crippen molar-refractivity contribution in [2.24, 2.45) is 5.92 Å². The van der Waals surface area contributed by atoms with Gasteiger partial charge in [-0.05, 0) is 30.4 Å². The molecule has 0 amide bonds. The van der Waals surface area contributed by atoms with Crippen LogP contribution in [0.5, 0.6) is 0 Å². The van der Waals surface area contributed by atoms with Crippen LogP contribution in [0.15, 0.2) is 78.4 Å². The lowest BCUT2D eigenvalue weighted by Crippen LogP contribution is -2.34. The number of hydrogen-bond acceptors (Lipinski definition) is 1. The molecule has 3 aliphatic rings. The molecule has 116 valence electrons. The number of benzene rings is 1. The van der Waals surface area contributed by atoms with Crippen LogP contribution in [0, 0.1) is 5.92 Å². The van der Waals surface area contributed by atoms with Gasteiger partial charge in [0.1, 0.15) is 0 Å². The Bertz CT molecular complexity index is 717. The maximum atomic E-state index is 3.86. The van der Waals surface area contributed by atoms with E-state index in [0.29, 0.717) is 18.0 Å². The van der Waals surface area contributed by atoms with Gasteiger partial charge in [0.2, 0.25) is 0 Å². The van der Waals surface area contributed by atoms with Crippen molar-refractivity contribution in [3.63, 3.8) is 0 Å². The van der Waals surface area contributed by atoms with Crippen LogP contribution < -0.4 is 5.32 Å². The van der Waals surface area contributed by atoms with Gasteiger partial charge in [-0.15, -0.1) is 0 Å². The SMILES string of the molecule is C1=CCC(C2=CC=CC(NC3CC=Cc4ccccc43)C2)C=C1. The number of allylic oxidation sites excluding steroid dienone is 6. The molecule has 0 bridgehead atoms. The van der Waals surface area contributed by atoms with Crippen molar-refractivity contribution in [2.75, 3.05) is 0 Å². The van der Waals surface area contributed by atoms with Crippen molar-refractivity contribution in [3.05, 3.63) is 89.6 Å². The predicted octanol–water partition coefficient (Wildman–Crippen LogP) is 5.12.